The van der Waals surface area contributed by atoms with E-state index in [-0.39, 0.29) is 12.3 Å². The van der Waals surface area contributed by atoms with Crippen LogP contribution in [0.15, 0.2) is 60.8 Å². The number of amides is 3. The molecule has 0 saturated carbocycles. The predicted octanol–water partition coefficient (Wildman–Crippen LogP) is 3.21. The van der Waals surface area contributed by atoms with Gasteiger partial charge < -0.3 is 10.3 Å². The first-order valence-corrected chi connectivity index (χ1v) is 8.86. The standard InChI is InChI=1S/C21H19N3O3/c1-2-21(14-8-4-3-5-9-14)19(26)24(20(27)23-21)13-18(25)16-12-22-17-11-7-6-10-15(16)17/h3-12,22H,2,13H2,1H3,(H,23,27)/t21-/m0/s1. The first-order valence-electron chi connectivity index (χ1n) is 8.86. The monoisotopic (exact) mass is 361 g/mol. The highest BCUT2D eigenvalue weighted by atomic mass is 16.2. The van der Waals surface area contributed by atoms with Crippen molar-refractivity contribution in [2.45, 2.75) is 18.9 Å². The van der Waals surface area contributed by atoms with Gasteiger partial charge in [-0.2, -0.15) is 0 Å². The molecule has 0 radical (unpaired) electrons. The zero-order valence-electron chi connectivity index (χ0n) is 14.9. The number of nitrogens with zero attached hydrogens (tertiary/aromatic N) is 1. The number of carbonyl (C=O) groups excluding carboxylic acids is 3. The lowest BCUT2D eigenvalue weighted by atomic mass is 9.87. The Labute approximate surface area is 156 Å². The average Bonchev–Trinajstić information content (AvgIpc) is 3.23. The number of ketones is 1. The van der Waals surface area contributed by atoms with E-state index in [4.69, 9.17) is 0 Å². The van der Waals surface area contributed by atoms with E-state index in [1.807, 2.05) is 61.5 Å². The van der Waals surface area contributed by atoms with E-state index >= 15 is 0 Å². The van der Waals surface area contributed by atoms with Crippen LogP contribution in [0.5, 0.6) is 0 Å². The summed E-state index contributed by atoms with van der Waals surface area (Å²) in [5, 5.41) is 3.58. The summed E-state index contributed by atoms with van der Waals surface area (Å²) in [6.45, 7) is 1.55. The Morgan fingerprint density at radius 1 is 1.04 bits per heavy atom. The maximum Gasteiger partial charge on any atom is 0.325 e. The van der Waals surface area contributed by atoms with Crippen LogP contribution in [-0.4, -0.2) is 34.2 Å². The summed E-state index contributed by atoms with van der Waals surface area (Å²) in [6.07, 6.45) is 2.02. The molecule has 27 heavy (non-hydrogen) atoms. The van der Waals surface area contributed by atoms with Crippen LogP contribution in [0, 0.1) is 0 Å². The van der Waals surface area contributed by atoms with E-state index in [1.165, 1.54) is 0 Å². The van der Waals surface area contributed by atoms with Gasteiger partial charge in [0.25, 0.3) is 5.91 Å². The number of imide groups is 1. The molecular weight excluding hydrogens is 342 g/mol. The van der Waals surface area contributed by atoms with Gasteiger partial charge in [-0.05, 0) is 18.1 Å². The molecule has 3 aromatic rings. The number of Topliss-reactive ketones (excluding diaryl/α,β-unsaturated/α-hetero) is 1. The summed E-state index contributed by atoms with van der Waals surface area (Å²) in [5.74, 6) is -0.676. The molecule has 6 nitrogen and oxygen atoms in total. The molecule has 2 heterocycles. The van der Waals surface area contributed by atoms with E-state index in [1.54, 1.807) is 6.20 Å². The molecule has 1 aromatic heterocycles. The highest BCUT2D eigenvalue weighted by Gasteiger charge is 2.51. The fourth-order valence-corrected chi connectivity index (χ4v) is 3.66. The molecule has 3 amide bonds. The van der Waals surface area contributed by atoms with Crippen LogP contribution < -0.4 is 5.32 Å². The number of nitrogens with one attached hydrogen (secondary N) is 2. The number of benzene rings is 2. The van der Waals surface area contributed by atoms with Gasteiger partial charge in [0, 0.05) is 22.7 Å². The first-order chi connectivity index (χ1) is 13.1. The zero-order valence-corrected chi connectivity index (χ0v) is 14.9. The van der Waals surface area contributed by atoms with Crippen LogP contribution in [0.25, 0.3) is 10.9 Å². The van der Waals surface area contributed by atoms with E-state index in [0.717, 1.165) is 15.8 Å². The number of urea groups is 1. The van der Waals surface area contributed by atoms with E-state index in [0.29, 0.717) is 17.5 Å². The van der Waals surface area contributed by atoms with Crippen molar-refractivity contribution in [2.75, 3.05) is 6.54 Å². The van der Waals surface area contributed by atoms with Crippen molar-refractivity contribution < 1.29 is 14.4 Å². The van der Waals surface area contributed by atoms with E-state index < -0.39 is 17.5 Å². The quantitative estimate of drug-likeness (QED) is 0.541. The van der Waals surface area contributed by atoms with Crippen LogP contribution in [-0.2, 0) is 10.3 Å². The van der Waals surface area contributed by atoms with Crippen LogP contribution in [0.1, 0.15) is 29.3 Å². The van der Waals surface area contributed by atoms with Crippen LogP contribution in [0.4, 0.5) is 4.79 Å². The first kappa shape index (κ1) is 17.0. The van der Waals surface area contributed by atoms with Crippen molar-refractivity contribution in [3.05, 3.63) is 71.9 Å². The minimum atomic E-state index is -1.13. The predicted molar refractivity (Wildman–Crippen MR) is 101 cm³/mol. The molecule has 0 spiro atoms. The SMILES string of the molecule is CC[C@@]1(c2ccccc2)NC(=O)N(CC(=O)c2c[nH]c3ccccc23)C1=O. The topological polar surface area (TPSA) is 82.3 Å². The summed E-state index contributed by atoms with van der Waals surface area (Å²) in [6, 6.07) is 16.0. The van der Waals surface area contributed by atoms with Gasteiger partial charge in [-0.1, -0.05) is 55.5 Å². The molecule has 0 unspecified atom stereocenters. The van der Waals surface area contributed by atoms with Crippen molar-refractivity contribution in [3.8, 4) is 0 Å². The number of para-hydroxylation sites is 1. The van der Waals surface area contributed by atoms with Crippen molar-refractivity contribution >= 4 is 28.6 Å². The Bertz CT molecular complexity index is 1040. The van der Waals surface area contributed by atoms with Gasteiger partial charge in [-0.15, -0.1) is 0 Å². The van der Waals surface area contributed by atoms with Crippen LogP contribution >= 0.6 is 0 Å². The zero-order chi connectivity index (χ0) is 19.0. The molecule has 2 N–H and O–H groups in total. The van der Waals surface area contributed by atoms with Crippen molar-refractivity contribution in [2.24, 2.45) is 0 Å². The summed E-state index contributed by atoms with van der Waals surface area (Å²) in [4.78, 5) is 42.5. The molecule has 0 aliphatic carbocycles. The fourth-order valence-electron chi connectivity index (χ4n) is 3.66. The highest BCUT2D eigenvalue weighted by molar-refractivity contribution is 6.14. The van der Waals surface area contributed by atoms with Gasteiger partial charge in [0.05, 0.1) is 6.54 Å². The number of aromatic amines is 1. The second-order valence-corrected chi connectivity index (χ2v) is 6.62. The largest absolute Gasteiger partial charge is 0.360 e. The van der Waals surface area contributed by atoms with Gasteiger partial charge in [-0.3, -0.25) is 14.5 Å². The number of hydrogen-bond donors (Lipinski definition) is 2. The third kappa shape index (κ3) is 2.61. The van der Waals surface area contributed by atoms with Gasteiger partial charge in [-0.25, -0.2) is 4.79 Å². The Morgan fingerprint density at radius 2 is 1.74 bits per heavy atom. The summed E-state index contributed by atoms with van der Waals surface area (Å²) >= 11 is 0. The van der Waals surface area contributed by atoms with E-state index in [9.17, 15) is 14.4 Å². The molecule has 6 heteroatoms. The van der Waals surface area contributed by atoms with Gasteiger partial charge in [0.2, 0.25) is 0 Å². The highest BCUT2D eigenvalue weighted by Crippen LogP contribution is 2.32. The lowest BCUT2D eigenvalue weighted by molar-refractivity contribution is -0.131. The Morgan fingerprint density at radius 3 is 2.48 bits per heavy atom. The lowest BCUT2D eigenvalue weighted by Gasteiger charge is -2.25. The van der Waals surface area contributed by atoms with Gasteiger partial charge >= 0.3 is 6.03 Å². The van der Waals surface area contributed by atoms with Crippen molar-refractivity contribution in [1.29, 1.82) is 0 Å². The maximum absolute atomic E-state index is 13.1. The summed E-state index contributed by atoms with van der Waals surface area (Å²) in [5.41, 5.74) is 0.900. The maximum atomic E-state index is 13.1. The molecule has 1 saturated heterocycles. The molecule has 136 valence electrons. The van der Waals surface area contributed by atoms with Crippen molar-refractivity contribution in [1.82, 2.24) is 15.2 Å². The number of fused-ring (bicyclic) bond motifs is 1. The Balaban J connectivity index is 1.64. The lowest BCUT2D eigenvalue weighted by Crippen LogP contribution is -2.43. The third-order valence-corrected chi connectivity index (χ3v) is 5.16. The minimum Gasteiger partial charge on any atom is -0.360 e. The normalized spacial score (nSPS) is 19.5. The Hall–Kier alpha value is -3.41. The van der Waals surface area contributed by atoms with Gasteiger partial charge in [0.1, 0.15) is 5.54 Å². The van der Waals surface area contributed by atoms with Gasteiger partial charge in [0.15, 0.2) is 5.78 Å². The number of H-pyrrole nitrogens is 1. The second-order valence-electron chi connectivity index (χ2n) is 6.62. The minimum absolute atomic E-state index is 0.282. The number of hydrogen-bond acceptors (Lipinski definition) is 3. The van der Waals surface area contributed by atoms with E-state index in [2.05, 4.69) is 10.3 Å². The van der Waals surface area contributed by atoms with Crippen molar-refractivity contribution in [3.63, 3.8) is 0 Å². The van der Waals surface area contributed by atoms with Crippen LogP contribution in [0.2, 0.25) is 0 Å². The molecular formula is C21H19N3O3. The number of aromatic nitrogens is 1. The summed E-state index contributed by atoms with van der Waals surface area (Å²) < 4.78 is 0. The molecule has 1 aliphatic heterocycles. The molecule has 1 fully saturated rings. The third-order valence-electron chi connectivity index (χ3n) is 5.16. The smallest absolute Gasteiger partial charge is 0.325 e. The molecule has 1 aliphatic rings. The molecule has 4 rings (SSSR count). The average molecular weight is 361 g/mol. The molecule has 1 atom stereocenters. The second kappa shape index (κ2) is 6.39. The summed E-state index contributed by atoms with van der Waals surface area (Å²) in [7, 11) is 0. The Kier molecular flexibility index (Phi) is 4.03. The number of rotatable bonds is 5. The molecule has 0 bridgehead atoms. The molecule has 2 aromatic carbocycles. The fraction of sp³-hybridized carbons (Fsp3) is 0.190. The number of carbonyl (C=O) groups is 3. The van der Waals surface area contributed by atoms with Crippen LogP contribution in [0.3, 0.4) is 0 Å².